The van der Waals surface area contributed by atoms with E-state index < -0.39 is 12.0 Å². The fourth-order valence-electron chi connectivity index (χ4n) is 1.95. The summed E-state index contributed by atoms with van der Waals surface area (Å²) in [6.07, 6.45) is 1.72. The van der Waals surface area contributed by atoms with Crippen LogP contribution in [0.5, 0.6) is 0 Å². The lowest BCUT2D eigenvalue weighted by molar-refractivity contribution is -0.144. The molecule has 0 saturated carbocycles. The fourth-order valence-corrected chi connectivity index (χ4v) is 2.37. The highest BCUT2D eigenvalue weighted by Gasteiger charge is 2.28. The average Bonchev–Trinajstić information content (AvgIpc) is 2.29. The average molecular weight is 300 g/mol. The minimum Gasteiger partial charge on any atom is -0.480 e. The third kappa shape index (κ3) is 3.24. The second-order valence-corrected chi connectivity index (χ2v) is 4.83. The molecule has 1 aliphatic rings. The number of piperazine rings is 1. The number of aromatic nitrogens is 1. The second-order valence-electron chi connectivity index (χ2n) is 4.02. The van der Waals surface area contributed by atoms with Crippen molar-refractivity contribution in [2.75, 3.05) is 19.6 Å². The van der Waals surface area contributed by atoms with Crippen molar-refractivity contribution < 1.29 is 9.90 Å². The molecule has 1 aromatic rings. The lowest BCUT2D eigenvalue weighted by Gasteiger charge is -2.33. The number of hydrogen-bond acceptors (Lipinski definition) is 4. The number of nitrogens with one attached hydrogen (secondary N) is 1. The summed E-state index contributed by atoms with van der Waals surface area (Å²) >= 11 is 3.31. The Labute approximate surface area is 108 Å². The molecule has 17 heavy (non-hydrogen) atoms. The topological polar surface area (TPSA) is 65.5 Å². The Morgan fingerprint density at radius 2 is 2.53 bits per heavy atom. The molecule has 1 fully saturated rings. The molecule has 0 unspecified atom stereocenters. The summed E-state index contributed by atoms with van der Waals surface area (Å²) in [5.41, 5.74) is 1.07. The van der Waals surface area contributed by atoms with E-state index in [1.807, 2.05) is 17.0 Å². The van der Waals surface area contributed by atoms with Gasteiger partial charge in [0.15, 0.2) is 0 Å². The maximum atomic E-state index is 11.1. The highest BCUT2D eigenvalue weighted by atomic mass is 79.9. The molecule has 2 rings (SSSR count). The quantitative estimate of drug-likeness (QED) is 0.805. The van der Waals surface area contributed by atoms with E-state index in [0.29, 0.717) is 13.1 Å². The monoisotopic (exact) mass is 299 g/mol. The zero-order chi connectivity index (χ0) is 12.3. The molecule has 92 valence electrons. The van der Waals surface area contributed by atoms with Crippen LogP contribution in [-0.2, 0) is 11.3 Å². The smallest absolute Gasteiger partial charge is 0.322 e. The van der Waals surface area contributed by atoms with Gasteiger partial charge in [0.25, 0.3) is 0 Å². The van der Waals surface area contributed by atoms with Crippen LogP contribution in [0.25, 0.3) is 0 Å². The summed E-state index contributed by atoms with van der Waals surface area (Å²) < 4.78 is 0.775. The van der Waals surface area contributed by atoms with E-state index in [2.05, 4.69) is 26.2 Å². The molecule has 0 spiro atoms. The lowest BCUT2D eigenvalue weighted by atomic mass is 10.1. The Balaban J connectivity index is 2.08. The van der Waals surface area contributed by atoms with Crippen molar-refractivity contribution in [3.05, 3.63) is 28.5 Å². The van der Waals surface area contributed by atoms with Crippen LogP contribution in [-0.4, -0.2) is 46.6 Å². The van der Waals surface area contributed by atoms with Crippen LogP contribution in [0, 0.1) is 0 Å². The zero-order valence-electron chi connectivity index (χ0n) is 9.27. The number of halogens is 1. The summed E-state index contributed by atoms with van der Waals surface area (Å²) in [5.74, 6) is -0.773. The molecular weight excluding hydrogens is 286 g/mol. The number of carbonyl (C=O) groups is 1. The first-order chi connectivity index (χ1) is 8.16. The molecule has 1 aromatic heterocycles. The van der Waals surface area contributed by atoms with Crippen LogP contribution in [0.3, 0.4) is 0 Å². The molecule has 2 N–H and O–H groups in total. The van der Waals surface area contributed by atoms with Gasteiger partial charge in [0.05, 0.1) is 0 Å². The van der Waals surface area contributed by atoms with E-state index in [1.54, 1.807) is 6.20 Å². The number of pyridine rings is 1. The Morgan fingerprint density at radius 3 is 3.24 bits per heavy atom. The van der Waals surface area contributed by atoms with Crippen molar-refractivity contribution in [2.24, 2.45) is 0 Å². The van der Waals surface area contributed by atoms with Gasteiger partial charge in [-0.15, -0.1) is 0 Å². The maximum Gasteiger partial charge on any atom is 0.322 e. The molecule has 6 heteroatoms. The number of carboxylic acid groups (broad SMARTS) is 1. The molecule has 1 saturated heterocycles. The van der Waals surface area contributed by atoms with Crippen molar-refractivity contribution in [1.82, 2.24) is 15.2 Å². The van der Waals surface area contributed by atoms with Gasteiger partial charge in [-0.05, 0) is 33.6 Å². The number of nitrogens with zero attached hydrogens (tertiary/aromatic N) is 2. The summed E-state index contributed by atoms with van der Waals surface area (Å²) in [4.78, 5) is 17.1. The van der Waals surface area contributed by atoms with E-state index in [0.717, 1.165) is 23.3 Å². The number of hydrogen-bond donors (Lipinski definition) is 2. The van der Waals surface area contributed by atoms with Gasteiger partial charge >= 0.3 is 5.97 Å². The molecule has 0 bridgehead atoms. The van der Waals surface area contributed by atoms with Gasteiger partial charge in [-0.3, -0.25) is 9.69 Å². The first kappa shape index (κ1) is 12.5. The first-order valence-corrected chi connectivity index (χ1v) is 6.24. The SMILES string of the molecule is O=C(O)[C@H]1CNCCN1Cc1ccnc(Br)c1. The van der Waals surface area contributed by atoms with Gasteiger partial charge < -0.3 is 10.4 Å². The van der Waals surface area contributed by atoms with Gasteiger partial charge in [0.1, 0.15) is 10.6 Å². The minimum absolute atomic E-state index is 0.448. The van der Waals surface area contributed by atoms with Crippen LogP contribution >= 0.6 is 15.9 Å². The lowest BCUT2D eigenvalue weighted by Crippen LogP contribution is -2.54. The van der Waals surface area contributed by atoms with Gasteiger partial charge in [-0.25, -0.2) is 4.98 Å². The number of carboxylic acids is 1. The molecule has 0 aromatic carbocycles. The maximum absolute atomic E-state index is 11.1. The highest BCUT2D eigenvalue weighted by Crippen LogP contribution is 2.13. The Morgan fingerprint density at radius 1 is 1.71 bits per heavy atom. The second kappa shape index (κ2) is 5.57. The van der Waals surface area contributed by atoms with Crippen molar-refractivity contribution in [1.29, 1.82) is 0 Å². The molecule has 2 heterocycles. The predicted molar refractivity (Wildman–Crippen MR) is 66.6 cm³/mol. The third-order valence-corrected chi connectivity index (χ3v) is 3.25. The first-order valence-electron chi connectivity index (χ1n) is 5.45. The summed E-state index contributed by atoms with van der Waals surface area (Å²) in [6.45, 7) is 2.72. The van der Waals surface area contributed by atoms with E-state index >= 15 is 0 Å². The summed E-state index contributed by atoms with van der Waals surface area (Å²) in [7, 11) is 0. The van der Waals surface area contributed by atoms with Crippen LogP contribution in [0.4, 0.5) is 0 Å². The third-order valence-electron chi connectivity index (χ3n) is 2.82. The van der Waals surface area contributed by atoms with E-state index in [4.69, 9.17) is 5.11 Å². The largest absolute Gasteiger partial charge is 0.480 e. The molecule has 0 amide bonds. The predicted octanol–water partition coefficient (Wildman–Crippen LogP) is 0.703. The Hall–Kier alpha value is -0.980. The van der Waals surface area contributed by atoms with Crippen molar-refractivity contribution >= 4 is 21.9 Å². The van der Waals surface area contributed by atoms with Crippen LogP contribution < -0.4 is 5.32 Å². The van der Waals surface area contributed by atoms with E-state index in [-0.39, 0.29) is 0 Å². The van der Waals surface area contributed by atoms with E-state index in [9.17, 15) is 4.79 Å². The van der Waals surface area contributed by atoms with Crippen LogP contribution in [0.15, 0.2) is 22.9 Å². The highest BCUT2D eigenvalue weighted by molar-refractivity contribution is 9.10. The number of aliphatic carboxylic acids is 1. The van der Waals surface area contributed by atoms with Crippen molar-refractivity contribution in [3.8, 4) is 0 Å². The molecule has 0 radical (unpaired) electrons. The molecule has 1 atom stereocenters. The minimum atomic E-state index is -0.773. The summed E-state index contributed by atoms with van der Waals surface area (Å²) in [6, 6.07) is 3.38. The van der Waals surface area contributed by atoms with Gasteiger partial charge in [0, 0.05) is 32.4 Å². The van der Waals surface area contributed by atoms with Crippen molar-refractivity contribution in [3.63, 3.8) is 0 Å². The van der Waals surface area contributed by atoms with Crippen molar-refractivity contribution in [2.45, 2.75) is 12.6 Å². The Kier molecular flexibility index (Phi) is 4.09. The molecule has 0 aliphatic carbocycles. The molecular formula is C11H14BrN3O2. The summed E-state index contributed by atoms with van der Waals surface area (Å²) in [5, 5.41) is 12.2. The van der Waals surface area contributed by atoms with Crippen LogP contribution in [0.2, 0.25) is 0 Å². The zero-order valence-corrected chi connectivity index (χ0v) is 10.9. The van der Waals surface area contributed by atoms with Gasteiger partial charge in [0.2, 0.25) is 0 Å². The molecule has 1 aliphatic heterocycles. The van der Waals surface area contributed by atoms with E-state index in [1.165, 1.54) is 0 Å². The fraction of sp³-hybridized carbons (Fsp3) is 0.455. The Bertz CT molecular complexity index is 413. The standard InChI is InChI=1S/C11H14BrN3O2/c12-10-5-8(1-2-14-10)7-15-4-3-13-6-9(15)11(16)17/h1-2,5,9,13H,3-4,6-7H2,(H,16,17)/t9-/m1/s1. The molecule has 5 nitrogen and oxygen atoms in total. The normalized spacial score (nSPS) is 21.4. The number of rotatable bonds is 3. The van der Waals surface area contributed by atoms with Gasteiger partial charge in [-0.1, -0.05) is 0 Å². The van der Waals surface area contributed by atoms with Gasteiger partial charge in [-0.2, -0.15) is 0 Å². The van der Waals surface area contributed by atoms with Crippen LogP contribution in [0.1, 0.15) is 5.56 Å².